The smallest absolute Gasteiger partial charge is 0.341 e. The highest BCUT2D eigenvalue weighted by Gasteiger charge is 2.24. The van der Waals surface area contributed by atoms with E-state index in [0.29, 0.717) is 16.3 Å². The maximum Gasteiger partial charge on any atom is 0.341 e. The van der Waals surface area contributed by atoms with Crippen molar-refractivity contribution in [1.29, 1.82) is 0 Å². The normalized spacial score (nSPS) is 10.2. The molecule has 0 aliphatic carbocycles. The molecule has 2 rings (SSSR count). The van der Waals surface area contributed by atoms with Crippen LogP contribution in [-0.4, -0.2) is 31.1 Å². The number of rotatable bonds is 6. The summed E-state index contributed by atoms with van der Waals surface area (Å²) in [5, 5.41) is 4.55. The molecule has 1 amide bonds. The number of hydrogen-bond donors (Lipinski definition) is 1. The van der Waals surface area contributed by atoms with Gasteiger partial charge in [0.1, 0.15) is 16.3 Å². The SMILES string of the molecule is CCOC(=O)c1c(-c2ccco2)csc1NC(=O)COC(C)=O. The van der Waals surface area contributed by atoms with Gasteiger partial charge < -0.3 is 19.2 Å². The second-order valence-corrected chi connectivity index (χ2v) is 5.26. The van der Waals surface area contributed by atoms with Crippen LogP contribution < -0.4 is 5.32 Å². The summed E-state index contributed by atoms with van der Waals surface area (Å²) in [6, 6.07) is 3.40. The third-order valence-electron chi connectivity index (χ3n) is 2.72. The fourth-order valence-corrected chi connectivity index (χ4v) is 2.75. The lowest BCUT2D eigenvalue weighted by Gasteiger charge is -2.07. The van der Waals surface area contributed by atoms with Gasteiger partial charge >= 0.3 is 11.9 Å². The highest BCUT2D eigenvalue weighted by molar-refractivity contribution is 7.15. The summed E-state index contributed by atoms with van der Waals surface area (Å²) in [6.45, 7) is 2.67. The molecule has 8 heteroatoms. The number of carbonyl (C=O) groups is 3. The Labute approximate surface area is 136 Å². The molecule has 7 nitrogen and oxygen atoms in total. The van der Waals surface area contributed by atoms with E-state index < -0.39 is 24.5 Å². The zero-order chi connectivity index (χ0) is 16.8. The number of anilines is 1. The molecule has 2 heterocycles. The minimum absolute atomic E-state index is 0.201. The molecule has 122 valence electrons. The Hall–Kier alpha value is -2.61. The molecule has 0 aromatic carbocycles. The van der Waals surface area contributed by atoms with Crippen LogP contribution in [0.15, 0.2) is 28.2 Å². The molecule has 0 saturated carbocycles. The first-order valence-corrected chi connectivity index (χ1v) is 7.66. The fourth-order valence-electron chi connectivity index (χ4n) is 1.80. The van der Waals surface area contributed by atoms with E-state index in [-0.39, 0.29) is 12.2 Å². The van der Waals surface area contributed by atoms with Gasteiger partial charge in [-0.15, -0.1) is 11.3 Å². The second kappa shape index (κ2) is 7.59. The van der Waals surface area contributed by atoms with Crippen LogP contribution in [-0.2, 0) is 19.1 Å². The lowest BCUT2D eigenvalue weighted by molar-refractivity contribution is -0.144. The molecule has 2 aromatic rings. The molecule has 0 radical (unpaired) electrons. The van der Waals surface area contributed by atoms with E-state index in [1.54, 1.807) is 24.4 Å². The Morgan fingerprint density at radius 1 is 1.30 bits per heavy atom. The average Bonchev–Trinajstić information content (AvgIpc) is 3.14. The first-order valence-electron chi connectivity index (χ1n) is 6.78. The predicted molar refractivity (Wildman–Crippen MR) is 83.2 cm³/mol. The van der Waals surface area contributed by atoms with Crippen LogP contribution in [0.2, 0.25) is 0 Å². The Kier molecular flexibility index (Phi) is 5.53. The van der Waals surface area contributed by atoms with Crippen molar-refractivity contribution in [2.45, 2.75) is 13.8 Å². The van der Waals surface area contributed by atoms with Gasteiger partial charge in [0.05, 0.1) is 12.9 Å². The first kappa shape index (κ1) is 16.8. The zero-order valence-electron chi connectivity index (χ0n) is 12.6. The minimum Gasteiger partial charge on any atom is -0.464 e. The maximum atomic E-state index is 12.2. The van der Waals surface area contributed by atoms with Crippen molar-refractivity contribution in [2.24, 2.45) is 0 Å². The van der Waals surface area contributed by atoms with Crippen LogP contribution >= 0.6 is 11.3 Å². The molecule has 0 unspecified atom stereocenters. The monoisotopic (exact) mass is 337 g/mol. The molecular weight excluding hydrogens is 322 g/mol. The number of amides is 1. The Bertz CT molecular complexity index is 704. The molecule has 0 atom stereocenters. The molecule has 0 aliphatic rings. The van der Waals surface area contributed by atoms with Crippen molar-refractivity contribution in [3.05, 3.63) is 29.3 Å². The summed E-state index contributed by atoms with van der Waals surface area (Å²) in [4.78, 5) is 34.7. The molecule has 0 spiro atoms. The summed E-state index contributed by atoms with van der Waals surface area (Å²) >= 11 is 1.16. The lowest BCUT2D eigenvalue weighted by atomic mass is 10.1. The third kappa shape index (κ3) is 4.19. The summed E-state index contributed by atoms with van der Waals surface area (Å²) in [7, 11) is 0. The maximum absolute atomic E-state index is 12.2. The summed E-state index contributed by atoms with van der Waals surface area (Å²) in [5.41, 5.74) is 0.740. The highest BCUT2D eigenvalue weighted by Crippen LogP contribution is 2.36. The number of esters is 2. The van der Waals surface area contributed by atoms with E-state index >= 15 is 0 Å². The largest absolute Gasteiger partial charge is 0.464 e. The van der Waals surface area contributed by atoms with Gasteiger partial charge in [-0.1, -0.05) is 0 Å². The number of nitrogens with one attached hydrogen (secondary N) is 1. The van der Waals surface area contributed by atoms with Gasteiger partial charge in [-0.25, -0.2) is 4.79 Å². The molecule has 23 heavy (non-hydrogen) atoms. The van der Waals surface area contributed by atoms with Crippen LogP contribution in [0.1, 0.15) is 24.2 Å². The molecule has 2 aromatic heterocycles. The van der Waals surface area contributed by atoms with Gasteiger partial charge in [0.25, 0.3) is 5.91 Å². The van der Waals surface area contributed by atoms with Crippen LogP contribution in [0.4, 0.5) is 5.00 Å². The van der Waals surface area contributed by atoms with Crippen LogP contribution in [0, 0.1) is 0 Å². The van der Waals surface area contributed by atoms with Gasteiger partial charge in [-0.05, 0) is 19.1 Å². The zero-order valence-corrected chi connectivity index (χ0v) is 13.4. The quantitative estimate of drug-likeness (QED) is 0.814. The lowest BCUT2D eigenvalue weighted by Crippen LogP contribution is -2.20. The number of thiophene rings is 1. The number of hydrogen-bond acceptors (Lipinski definition) is 7. The van der Waals surface area contributed by atoms with Crippen LogP contribution in [0.25, 0.3) is 11.3 Å². The fraction of sp³-hybridized carbons (Fsp3) is 0.267. The number of furan rings is 1. The highest BCUT2D eigenvalue weighted by atomic mass is 32.1. The van der Waals surface area contributed by atoms with E-state index in [0.717, 1.165) is 11.3 Å². The number of carbonyl (C=O) groups excluding carboxylic acids is 3. The topological polar surface area (TPSA) is 94.8 Å². The summed E-state index contributed by atoms with van der Waals surface area (Å²) in [6.07, 6.45) is 1.49. The van der Waals surface area contributed by atoms with E-state index in [2.05, 4.69) is 10.1 Å². The van der Waals surface area contributed by atoms with Crippen molar-refractivity contribution in [3.8, 4) is 11.3 Å². The third-order valence-corrected chi connectivity index (χ3v) is 3.61. The standard InChI is InChI=1S/C15H15NO6S/c1-3-20-15(19)13-10(11-5-4-6-21-11)8-23-14(13)16-12(18)7-22-9(2)17/h4-6,8H,3,7H2,1-2H3,(H,16,18). The van der Waals surface area contributed by atoms with Crippen molar-refractivity contribution < 1.29 is 28.3 Å². The average molecular weight is 337 g/mol. The minimum atomic E-state index is -0.567. The molecule has 1 N–H and O–H groups in total. The van der Waals surface area contributed by atoms with Gasteiger partial charge in [0, 0.05) is 17.9 Å². The second-order valence-electron chi connectivity index (χ2n) is 4.38. The predicted octanol–water partition coefficient (Wildman–Crippen LogP) is 2.69. The van der Waals surface area contributed by atoms with Crippen molar-refractivity contribution in [3.63, 3.8) is 0 Å². The van der Waals surface area contributed by atoms with E-state index in [9.17, 15) is 14.4 Å². The molecular formula is C15H15NO6S. The van der Waals surface area contributed by atoms with E-state index in [1.807, 2.05) is 0 Å². The Balaban J connectivity index is 2.27. The molecule has 0 saturated heterocycles. The van der Waals surface area contributed by atoms with Gasteiger partial charge in [-0.2, -0.15) is 0 Å². The van der Waals surface area contributed by atoms with Crippen molar-refractivity contribution >= 4 is 34.2 Å². The van der Waals surface area contributed by atoms with Gasteiger partial charge in [0.2, 0.25) is 0 Å². The van der Waals surface area contributed by atoms with Crippen molar-refractivity contribution in [1.82, 2.24) is 0 Å². The summed E-state index contributed by atoms with van der Waals surface area (Å²) in [5.74, 6) is -1.18. The Morgan fingerprint density at radius 3 is 2.70 bits per heavy atom. The van der Waals surface area contributed by atoms with Gasteiger partial charge in [0.15, 0.2) is 6.61 Å². The van der Waals surface area contributed by atoms with Gasteiger partial charge in [-0.3, -0.25) is 9.59 Å². The molecule has 0 fully saturated rings. The first-order chi connectivity index (χ1) is 11.0. The van der Waals surface area contributed by atoms with E-state index in [1.165, 1.54) is 13.2 Å². The summed E-state index contributed by atoms with van der Waals surface area (Å²) < 4.78 is 15.0. The van der Waals surface area contributed by atoms with E-state index in [4.69, 9.17) is 9.15 Å². The van der Waals surface area contributed by atoms with Crippen LogP contribution in [0.5, 0.6) is 0 Å². The molecule has 0 aliphatic heterocycles. The molecule has 0 bridgehead atoms. The van der Waals surface area contributed by atoms with Crippen LogP contribution in [0.3, 0.4) is 0 Å². The number of ether oxygens (including phenoxy) is 2. The Morgan fingerprint density at radius 2 is 2.09 bits per heavy atom. The van der Waals surface area contributed by atoms with Crippen molar-refractivity contribution in [2.75, 3.05) is 18.5 Å².